The van der Waals surface area contributed by atoms with Crippen LogP contribution in [0.5, 0.6) is 0 Å². The number of carbonyl (C=O) groups is 1. The van der Waals surface area contributed by atoms with Gasteiger partial charge in [-0.1, -0.05) is 73.1 Å². The van der Waals surface area contributed by atoms with Crippen molar-refractivity contribution in [2.24, 2.45) is 5.92 Å². The minimum absolute atomic E-state index is 0.0616. The van der Waals surface area contributed by atoms with E-state index in [-0.39, 0.29) is 11.8 Å². The van der Waals surface area contributed by atoms with Crippen molar-refractivity contribution in [2.45, 2.75) is 26.3 Å². The molecule has 0 bridgehead atoms. The van der Waals surface area contributed by atoms with Gasteiger partial charge in [0, 0.05) is 22.9 Å². The van der Waals surface area contributed by atoms with E-state index in [0.29, 0.717) is 23.2 Å². The fourth-order valence-corrected chi connectivity index (χ4v) is 2.70. The summed E-state index contributed by atoms with van der Waals surface area (Å²) in [6.45, 7) is 3.69. The number of rotatable bonds is 6. The summed E-state index contributed by atoms with van der Waals surface area (Å²) in [5, 5.41) is 7.64. The van der Waals surface area contributed by atoms with E-state index in [1.165, 1.54) is 0 Å². The van der Waals surface area contributed by atoms with Crippen LogP contribution in [0.25, 0.3) is 11.4 Å². The van der Waals surface area contributed by atoms with Crippen LogP contribution in [-0.2, 0) is 11.2 Å². The van der Waals surface area contributed by atoms with E-state index in [4.69, 9.17) is 16.1 Å². The number of nitrogens with one attached hydrogen (secondary N) is 1. The van der Waals surface area contributed by atoms with Gasteiger partial charge in [-0.3, -0.25) is 4.79 Å². The molecule has 0 saturated heterocycles. The summed E-state index contributed by atoms with van der Waals surface area (Å²) in [4.78, 5) is 16.7. The van der Waals surface area contributed by atoms with Gasteiger partial charge in [-0.15, -0.1) is 0 Å². The highest BCUT2D eigenvalue weighted by Gasteiger charge is 2.23. The lowest BCUT2D eigenvalue weighted by Gasteiger charge is -2.16. The number of nitrogens with zero attached hydrogens (tertiary/aromatic N) is 2. The third-order valence-electron chi connectivity index (χ3n) is 3.95. The average molecular weight is 370 g/mol. The molecular formula is C20H20ClN3O2. The van der Waals surface area contributed by atoms with Gasteiger partial charge in [0.15, 0.2) is 0 Å². The van der Waals surface area contributed by atoms with Gasteiger partial charge in [-0.25, -0.2) is 0 Å². The minimum atomic E-state index is -0.396. The van der Waals surface area contributed by atoms with Crippen LogP contribution in [-0.4, -0.2) is 16.0 Å². The van der Waals surface area contributed by atoms with Gasteiger partial charge in [0.05, 0.1) is 0 Å². The standard InChI is InChI=1S/C20H20ClN3O2/c1-13(2)19(25)22-17(11-14-7-4-3-5-8-14)20-23-18(24-26-20)15-9-6-10-16(21)12-15/h3-10,12-13,17H,11H2,1-2H3,(H,22,25). The van der Waals surface area contributed by atoms with Gasteiger partial charge in [0.25, 0.3) is 0 Å². The monoisotopic (exact) mass is 369 g/mol. The van der Waals surface area contributed by atoms with Crippen LogP contribution in [0, 0.1) is 5.92 Å². The van der Waals surface area contributed by atoms with Gasteiger partial charge < -0.3 is 9.84 Å². The summed E-state index contributed by atoms with van der Waals surface area (Å²) in [7, 11) is 0. The molecule has 1 amide bonds. The molecule has 1 aromatic heterocycles. The van der Waals surface area contributed by atoms with Gasteiger partial charge in [-0.05, 0) is 17.7 Å². The van der Waals surface area contributed by atoms with Crippen molar-refractivity contribution >= 4 is 17.5 Å². The molecule has 0 aliphatic heterocycles. The Morgan fingerprint density at radius 1 is 1.15 bits per heavy atom. The van der Waals surface area contributed by atoms with Crippen LogP contribution >= 0.6 is 11.6 Å². The maximum Gasteiger partial charge on any atom is 0.249 e. The van der Waals surface area contributed by atoms with Crippen molar-refractivity contribution in [3.05, 3.63) is 71.1 Å². The maximum atomic E-state index is 12.2. The van der Waals surface area contributed by atoms with Crippen molar-refractivity contribution in [2.75, 3.05) is 0 Å². The lowest BCUT2D eigenvalue weighted by molar-refractivity contribution is -0.124. The summed E-state index contributed by atoms with van der Waals surface area (Å²) in [5.74, 6) is 0.620. The number of halogens is 1. The molecule has 3 rings (SSSR count). The molecule has 0 radical (unpaired) electrons. The molecule has 1 heterocycles. The second kappa shape index (κ2) is 8.15. The lowest BCUT2D eigenvalue weighted by atomic mass is 10.0. The van der Waals surface area contributed by atoms with Gasteiger partial charge >= 0.3 is 0 Å². The minimum Gasteiger partial charge on any atom is -0.344 e. The normalized spacial score (nSPS) is 12.2. The van der Waals surface area contributed by atoms with Crippen molar-refractivity contribution < 1.29 is 9.32 Å². The molecule has 26 heavy (non-hydrogen) atoms. The number of hydrogen-bond acceptors (Lipinski definition) is 4. The van der Waals surface area contributed by atoms with Crippen molar-refractivity contribution in [3.63, 3.8) is 0 Å². The molecule has 5 nitrogen and oxygen atoms in total. The van der Waals surface area contributed by atoms with Gasteiger partial charge in [-0.2, -0.15) is 4.98 Å². The number of hydrogen-bond donors (Lipinski definition) is 1. The molecule has 0 spiro atoms. The summed E-state index contributed by atoms with van der Waals surface area (Å²) in [6.07, 6.45) is 0.566. The number of benzene rings is 2. The Hall–Kier alpha value is -2.66. The number of amides is 1. The Bertz CT molecular complexity index is 878. The van der Waals surface area contributed by atoms with Crippen LogP contribution < -0.4 is 5.32 Å². The molecule has 6 heteroatoms. The molecule has 1 atom stereocenters. The van der Waals surface area contributed by atoms with E-state index < -0.39 is 6.04 Å². The zero-order valence-electron chi connectivity index (χ0n) is 14.6. The SMILES string of the molecule is CC(C)C(=O)NC(Cc1ccccc1)c1nc(-c2cccc(Cl)c2)no1. The Kier molecular flexibility index (Phi) is 5.68. The number of aromatic nitrogens is 2. The molecule has 1 unspecified atom stereocenters. The topological polar surface area (TPSA) is 68.0 Å². The first kappa shape index (κ1) is 18.1. The Morgan fingerprint density at radius 3 is 2.62 bits per heavy atom. The third-order valence-corrected chi connectivity index (χ3v) is 4.18. The highest BCUT2D eigenvalue weighted by Crippen LogP contribution is 2.23. The smallest absolute Gasteiger partial charge is 0.249 e. The zero-order chi connectivity index (χ0) is 18.5. The highest BCUT2D eigenvalue weighted by molar-refractivity contribution is 6.30. The van der Waals surface area contributed by atoms with E-state index in [0.717, 1.165) is 11.1 Å². The Balaban J connectivity index is 1.87. The van der Waals surface area contributed by atoms with E-state index in [1.807, 2.05) is 56.3 Å². The molecule has 2 aromatic carbocycles. The second-order valence-corrected chi connectivity index (χ2v) is 6.81. The van der Waals surface area contributed by atoms with Crippen LogP contribution in [0.1, 0.15) is 31.3 Å². The fourth-order valence-electron chi connectivity index (χ4n) is 2.51. The van der Waals surface area contributed by atoms with Crippen LogP contribution in [0.2, 0.25) is 5.02 Å². The zero-order valence-corrected chi connectivity index (χ0v) is 15.4. The third kappa shape index (κ3) is 4.49. The predicted octanol–water partition coefficient (Wildman–Crippen LogP) is 4.45. The molecular weight excluding hydrogens is 350 g/mol. The van der Waals surface area contributed by atoms with Crippen molar-refractivity contribution in [1.29, 1.82) is 0 Å². The molecule has 1 N–H and O–H groups in total. The summed E-state index contributed by atoms with van der Waals surface area (Å²) in [5.41, 5.74) is 1.84. The molecule has 0 aliphatic rings. The highest BCUT2D eigenvalue weighted by atomic mass is 35.5. The summed E-state index contributed by atoms with van der Waals surface area (Å²) >= 11 is 6.03. The fraction of sp³-hybridized carbons (Fsp3) is 0.250. The number of carbonyl (C=O) groups excluding carboxylic acids is 1. The first-order chi connectivity index (χ1) is 12.5. The predicted molar refractivity (Wildman–Crippen MR) is 101 cm³/mol. The van der Waals surface area contributed by atoms with Crippen LogP contribution in [0.4, 0.5) is 0 Å². The molecule has 0 aliphatic carbocycles. The molecule has 0 saturated carbocycles. The second-order valence-electron chi connectivity index (χ2n) is 6.37. The van der Waals surface area contributed by atoms with E-state index in [1.54, 1.807) is 12.1 Å². The molecule has 134 valence electrons. The quantitative estimate of drug-likeness (QED) is 0.697. The van der Waals surface area contributed by atoms with Gasteiger partial charge in [0.1, 0.15) is 6.04 Å². The summed E-state index contributed by atoms with van der Waals surface area (Å²) in [6, 6.07) is 16.7. The van der Waals surface area contributed by atoms with E-state index in [2.05, 4.69) is 15.5 Å². The molecule has 0 fully saturated rings. The van der Waals surface area contributed by atoms with Crippen LogP contribution in [0.3, 0.4) is 0 Å². The van der Waals surface area contributed by atoms with Gasteiger partial charge in [0.2, 0.25) is 17.6 Å². The first-order valence-corrected chi connectivity index (χ1v) is 8.84. The van der Waals surface area contributed by atoms with Crippen molar-refractivity contribution in [3.8, 4) is 11.4 Å². The van der Waals surface area contributed by atoms with E-state index in [9.17, 15) is 4.79 Å². The first-order valence-electron chi connectivity index (χ1n) is 8.47. The van der Waals surface area contributed by atoms with Crippen molar-refractivity contribution in [1.82, 2.24) is 15.5 Å². The lowest BCUT2D eigenvalue weighted by Crippen LogP contribution is -2.33. The van der Waals surface area contributed by atoms with Crippen LogP contribution in [0.15, 0.2) is 59.1 Å². The Morgan fingerprint density at radius 2 is 1.92 bits per heavy atom. The molecule has 3 aromatic rings. The Labute approximate surface area is 157 Å². The summed E-state index contributed by atoms with van der Waals surface area (Å²) < 4.78 is 5.45. The maximum absolute atomic E-state index is 12.2. The van der Waals surface area contributed by atoms with E-state index >= 15 is 0 Å². The largest absolute Gasteiger partial charge is 0.344 e. The average Bonchev–Trinajstić information content (AvgIpc) is 3.12.